The Morgan fingerprint density at radius 3 is 2.10 bits per heavy atom. The molecule has 0 saturated heterocycles. The fourth-order valence-electron chi connectivity index (χ4n) is 0. The maximum atomic E-state index is 9.57. The summed E-state index contributed by atoms with van der Waals surface area (Å²) in [5, 5.41) is 7.10. The van der Waals surface area contributed by atoms with Gasteiger partial charge < -0.3 is 5.11 Å². The second kappa shape index (κ2) is 8.61. The fourth-order valence-corrected chi connectivity index (χ4v) is 0. The van der Waals surface area contributed by atoms with E-state index in [0.717, 1.165) is 0 Å². The summed E-state index contributed by atoms with van der Waals surface area (Å²) in [6, 6.07) is 0. The van der Waals surface area contributed by atoms with Gasteiger partial charge in [-0.25, -0.2) is 0 Å². The van der Waals surface area contributed by atoms with Crippen LogP contribution in [0.25, 0.3) is 0 Å². The molecule has 0 aromatic heterocycles. The molecule has 0 fully saturated rings. The van der Waals surface area contributed by atoms with Crippen LogP contribution < -0.4 is 0 Å². The van der Waals surface area contributed by atoms with Gasteiger partial charge >= 0.3 is 5.97 Å². The zero-order valence-electron chi connectivity index (χ0n) is 5.47. The molecular formula is C6H8Cl2O2. The number of alkyl halides is 2. The lowest BCUT2D eigenvalue weighted by Crippen LogP contribution is -2.06. The topological polar surface area (TPSA) is 37.3 Å². The highest BCUT2D eigenvalue weighted by Gasteiger charge is 2.02. The van der Waals surface area contributed by atoms with Crippen molar-refractivity contribution in [1.82, 2.24) is 0 Å². The van der Waals surface area contributed by atoms with Crippen molar-refractivity contribution in [3.8, 4) is 12.3 Å². The molecule has 10 heavy (non-hydrogen) atoms. The number of hydrogen-bond donors (Lipinski definition) is 1. The lowest BCUT2D eigenvalue weighted by molar-refractivity contribution is -0.136. The molecule has 0 spiro atoms. The van der Waals surface area contributed by atoms with Crippen LogP contribution >= 0.6 is 23.2 Å². The van der Waals surface area contributed by atoms with Crippen LogP contribution in [0.15, 0.2) is 0 Å². The minimum atomic E-state index is -0.975. The number of terminal acetylenes is 1. The second-order valence-electron chi connectivity index (χ2n) is 1.29. The van der Waals surface area contributed by atoms with Gasteiger partial charge in [0.25, 0.3) is 0 Å². The van der Waals surface area contributed by atoms with Crippen LogP contribution in [-0.2, 0) is 4.79 Å². The number of carboxylic acids is 1. The molecule has 0 aliphatic heterocycles. The summed E-state index contributed by atoms with van der Waals surface area (Å²) >= 11 is 9.96. The molecule has 0 heterocycles. The maximum Gasteiger partial charge on any atom is 0.321 e. The van der Waals surface area contributed by atoms with Crippen LogP contribution in [0.4, 0.5) is 0 Å². The standard InChI is InChI=1S/C3H5ClO2.C3H3Cl/c1-2(4)3(5)6;1-2-3-4/h2H,1H3,(H,5,6);1H,3H2. The quantitative estimate of drug-likeness (QED) is 0.494. The predicted octanol–water partition coefficient (Wildman–Crippen LogP) is 1.56. The number of rotatable bonds is 1. The monoisotopic (exact) mass is 182 g/mol. The molecule has 0 radical (unpaired) electrons. The number of carbonyl (C=O) groups is 1. The van der Waals surface area contributed by atoms with Crippen molar-refractivity contribution in [2.45, 2.75) is 12.3 Å². The van der Waals surface area contributed by atoms with E-state index in [0.29, 0.717) is 5.88 Å². The summed E-state index contributed by atoms with van der Waals surface area (Å²) in [5.74, 6) is 1.54. The molecule has 58 valence electrons. The van der Waals surface area contributed by atoms with Crippen molar-refractivity contribution in [2.75, 3.05) is 5.88 Å². The van der Waals surface area contributed by atoms with E-state index in [-0.39, 0.29) is 0 Å². The minimum absolute atomic E-state index is 0.319. The first-order valence-electron chi connectivity index (χ1n) is 2.42. The van der Waals surface area contributed by atoms with Gasteiger partial charge in [-0.1, -0.05) is 5.92 Å². The van der Waals surface area contributed by atoms with Gasteiger partial charge in [-0.3, -0.25) is 4.79 Å². The molecule has 1 unspecified atom stereocenters. The van der Waals surface area contributed by atoms with Gasteiger partial charge in [0, 0.05) is 0 Å². The molecule has 0 aromatic carbocycles. The lowest BCUT2D eigenvalue weighted by atomic mass is 10.5. The van der Waals surface area contributed by atoms with E-state index in [1.807, 2.05) is 0 Å². The van der Waals surface area contributed by atoms with Crippen molar-refractivity contribution in [2.24, 2.45) is 0 Å². The molecule has 0 aromatic rings. The van der Waals surface area contributed by atoms with E-state index in [2.05, 4.69) is 12.3 Å². The largest absolute Gasteiger partial charge is 0.480 e. The fraction of sp³-hybridized carbons (Fsp3) is 0.500. The van der Waals surface area contributed by atoms with Crippen LogP contribution in [-0.4, -0.2) is 22.3 Å². The zero-order valence-corrected chi connectivity index (χ0v) is 6.99. The third kappa shape index (κ3) is 15.6. The lowest BCUT2D eigenvalue weighted by Gasteiger charge is -1.86. The van der Waals surface area contributed by atoms with E-state index < -0.39 is 11.3 Å². The van der Waals surface area contributed by atoms with E-state index >= 15 is 0 Å². The van der Waals surface area contributed by atoms with E-state index in [1.165, 1.54) is 6.92 Å². The van der Waals surface area contributed by atoms with E-state index in [1.54, 1.807) is 0 Å². The highest BCUT2D eigenvalue weighted by atomic mass is 35.5. The molecule has 0 bridgehead atoms. The number of hydrogen-bond acceptors (Lipinski definition) is 1. The molecule has 1 N–H and O–H groups in total. The molecule has 1 atom stereocenters. The summed E-state index contributed by atoms with van der Waals surface area (Å²) in [7, 11) is 0. The van der Waals surface area contributed by atoms with Gasteiger partial charge in [0.15, 0.2) is 0 Å². The summed E-state index contributed by atoms with van der Waals surface area (Å²) < 4.78 is 0. The Bertz CT molecular complexity index is 126. The smallest absolute Gasteiger partial charge is 0.321 e. The molecule has 2 nitrogen and oxygen atoms in total. The van der Waals surface area contributed by atoms with Crippen LogP contribution in [0.2, 0.25) is 0 Å². The van der Waals surface area contributed by atoms with Gasteiger partial charge in [-0.15, -0.1) is 29.6 Å². The van der Waals surface area contributed by atoms with Crippen molar-refractivity contribution in [1.29, 1.82) is 0 Å². The molecule has 4 heteroatoms. The van der Waals surface area contributed by atoms with Crippen molar-refractivity contribution >= 4 is 29.2 Å². The zero-order chi connectivity index (χ0) is 8.57. The van der Waals surface area contributed by atoms with Crippen molar-refractivity contribution in [3.05, 3.63) is 0 Å². The van der Waals surface area contributed by atoms with Gasteiger partial charge in [-0.2, -0.15) is 0 Å². The van der Waals surface area contributed by atoms with Crippen molar-refractivity contribution < 1.29 is 9.90 Å². The molecule has 0 amide bonds. The Hall–Kier alpha value is -0.390. The van der Waals surface area contributed by atoms with Crippen molar-refractivity contribution in [3.63, 3.8) is 0 Å². The Morgan fingerprint density at radius 1 is 1.90 bits per heavy atom. The number of aliphatic carboxylic acids is 1. The number of halogens is 2. The average Bonchev–Trinajstić information content (AvgIpc) is 1.89. The SMILES string of the molecule is C#CCCl.CC(Cl)C(=O)O. The number of carboxylic acid groups (broad SMARTS) is 1. The van der Waals surface area contributed by atoms with Crippen LogP contribution in [0.1, 0.15) is 6.92 Å². The summed E-state index contributed by atoms with van der Waals surface area (Å²) in [6.07, 6.45) is 4.65. The molecule has 0 aliphatic carbocycles. The molecule has 0 rings (SSSR count). The van der Waals surface area contributed by atoms with Gasteiger partial charge in [0.05, 0.1) is 5.88 Å². The Labute approximate surface area is 70.1 Å². The first kappa shape index (κ1) is 12.3. The van der Waals surface area contributed by atoms with E-state index in [4.69, 9.17) is 28.3 Å². The third-order valence-electron chi connectivity index (χ3n) is 0.417. The predicted molar refractivity (Wildman–Crippen MR) is 42.5 cm³/mol. The summed E-state index contributed by atoms with van der Waals surface area (Å²) in [5.41, 5.74) is 0. The maximum absolute atomic E-state index is 9.57. The van der Waals surface area contributed by atoms with Crippen LogP contribution in [0, 0.1) is 12.3 Å². The Morgan fingerprint density at radius 2 is 2.10 bits per heavy atom. The molecule has 0 aliphatic rings. The average molecular weight is 183 g/mol. The first-order valence-corrected chi connectivity index (χ1v) is 3.39. The third-order valence-corrected chi connectivity index (χ3v) is 0.758. The summed E-state index contributed by atoms with van der Waals surface area (Å²) in [4.78, 5) is 9.57. The normalized spacial score (nSPS) is 10.2. The van der Waals surface area contributed by atoms with Gasteiger partial charge in [0.1, 0.15) is 5.38 Å². The molecule has 0 saturated carbocycles. The van der Waals surface area contributed by atoms with Crippen LogP contribution in [0.3, 0.4) is 0 Å². The second-order valence-corrected chi connectivity index (χ2v) is 2.21. The highest BCUT2D eigenvalue weighted by molar-refractivity contribution is 6.29. The molecular weight excluding hydrogens is 175 g/mol. The Kier molecular flexibility index (Phi) is 10.6. The highest BCUT2D eigenvalue weighted by Crippen LogP contribution is 1.89. The van der Waals surface area contributed by atoms with Gasteiger partial charge in [-0.05, 0) is 6.92 Å². The Balaban J connectivity index is 0. The van der Waals surface area contributed by atoms with Crippen LogP contribution in [0.5, 0.6) is 0 Å². The van der Waals surface area contributed by atoms with Gasteiger partial charge in [0.2, 0.25) is 0 Å². The minimum Gasteiger partial charge on any atom is -0.480 e. The van der Waals surface area contributed by atoms with E-state index in [9.17, 15) is 4.79 Å². The summed E-state index contributed by atoms with van der Waals surface area (Å²) in [6.45, 7) is 1.41. The first-order chi connectivity index (χ1) is 4.56.